The van der Waals surface area contributed by atoms with Crippen molar-refractivity contribution in [3.8, 4) is 0 Å². The van der Waals surface area contributed by atoms with E-state index in [-0.39, 0.29) is 11.8 Å². The Morgan fingerprint density at radius 1 is 1.62 bits per heavy atom. The molecule has 2 heterocycles. The van der Waals surface area contributed by atoms with Crippen molar-refractivity contribution in [2.75, 3.05) is 7.11 Å². The molecule has 1 aliphatic rings. The lowest BCUT2D eigenvalue weighted by molar-refractivity contribution is 0.0562. The lowest BCUT2D eigenvalue weighted by Gasteiger charge is -2.22. The average molecular weight is 180 g/mol. The van der Waals surface area contributed by atoms with Gasteiger partial charge in [-0.1, -0.05) is 6.08 Å². The van der Waals surface area contributed by atoms with Crippen LogP contribution in [0.2, 0.25) is 0 Å². The minimum absolute atomic E-state index is 0.0314. The van der Waals surface area contributed by atoms with Crippen LogP contribution in [0.3, 0.4) is 0 Å². The van der Waals surface area contributed by atoms with Crippen LogP contribution in [-0.4, -0.2) is 16.5 Å². The molecule has 1 aliphatic heterocycles. The number of allylic oxidation sites excluding steroid dienone is 1. The Bertz CT molecular complexity index is 400. The number of hydrogen-bond donors (Lipinski definition) is 0. The van der Waals surface area contributed by atoms with Crippen molar-refractivity contribution in [3.05, 3.63) is 34.3 Å². The molecule has 0 bridgehead atoms. The molecule has 0 saturated carbocycles. The fourth-order valence-corrected chi connectivity index (χ4v) is 1.67. The maximum atomic E-state index is 11.4. The van der Waals surface area contributed by atoms with E-state index in [0.717, 1.165) is 5.69 Å². The van der Waals surface area contributed by atoms with Crippen molar-refractivity contribution >= 4 is 0 Å². The van der Waals surface area contributed by atoms with Crippen molar-refractivity contribution in [2.24, 2.45) is 0 Å². The van der Waals surface area contributed by atoms with Gasteiger partial charge in [-0.3, -0.25) is 9.48 Å². The zero-order valence-corrected chi connectivity index (χ0v) is 7.73. The minimum Gasteiger partial charge on any atom is -0.356 e. The van der Waals surface area contributed by atoms with Gasteiger partial charge in [-0.05, 0) is 13.0 Å². The molecule has 13 heavy (non-hydrogen) atoms. The molecule has 70 valence electrons. The number of hydrogen-bond acceptors (Lipinski definition) is 2. The number of nitrogens with zero attached hydrogens (tertiary/aromatic N) is 2. The van der Waals surface area contributed by atoms with Gasteiger partial charge in [0.1, 0.15) is 0 Å². The molecule has 0 radical (unpaired) electrons. The molecule has 1 aromatic heterocycles. The summed E-state index contributed by atoms with van der Waals surface area (Å²) in [4.78, 5) is 11.4. The summed E-state index contributed by atoms with van der Waals surface area (Å²) in [5.74, 6) is 0. The van der Waals surface area contributed by atoms with Crippen LogP contribution in [0.1, 0.15) is 11.9 Å². The average Bonchev–Trinajstić information content (AvgIpc) is 2.43. The standard InChI is InChI=1S/C9H12N2O2/c1-7-6-8(12)10-5-3-4-9(13-2)11(7)10/h3-4,6,9H,5H2,1-2H3. The Balaban J connectivity index is 2.60. The third-order valence-electron chi connectivity index (χ3n) is 2.27. The van der Waals surface area contributed by atoms with Crippen LogP contribution in [0, 0.1) is 6.92 Å². The van der Waals surface area contributed by atoms with E-state index in [9.17, 15) is 4.79 Å². The van der Waals surface area contributed by atoms with Gasteiger partial charge in [0, 0.05) is 18.9 Å². The van der Waals surface area contributed by atoms with Gasteiger partial charge in [0.25, 0.3) is 5.56 Å². The number of fused-ring (bicyclic) bond motifs is 1. The van der Waals surface area contributed by atoms with Crippen molar-refractivity contribution in [3.63, 3.8) is 0 Å². The summed E-state index contributed by atoms with van der Waals surface area (Å²) >= 11 is 0. The zero-order valence-electron chi connectivity index (χ0n) is 7.73. The second kappa shape index (κ2) is 2.88. The van der Waals surface area contributed by atoms with E-state index in [4.69, 9.17) is 4.74 Å². The van der Waals surface area contributed by atoms with E-state index in [1.165, 1.54) is 0 Å². The van der Waals surface area contributed by atoms with E-state index in [2.05, 4.69) is 0 Å². The van der Waals surface area contributed by atoms with E-state index in [1.54, 1.807) is 17.9 Å². The van der Waals surface area contributed by atoms with Gasteiger partial charge in [-0.25, -0.2) is 4.68 Å². The molecule has 4 nitrogen and oxygen atoms in total. The second-order valence-electron chi connectivity index (χ2n) is 3.11. The van der Waals surface area contributed by atoms with Gasteiger partial charge < -0.3 is 4.74 Å². The monoisotopic (exact) mass is 180 g/mol. The Hall–Kier alpha value is -1.29. The Kier molecular flexibility index (Phi) is 1.84. The highest BCUT2D eigenvalue weighted by atomic mass is 16.5. The lowest BCUT2D eigenvalue weighted by Crippen LogP contribution is -2.28. The highest BCUT2D eigenvalue weighted by molar-refractivity contribution is 5.06. The number of methoxy groups -OCH3 is 1. The van der Waals surface area contributed by atoms with E-state index >= 15 is 0 Å². The molecule has 0 aliphatic carbocycles. The molecule has 1 unspecified atom stereocenters. The topological polar surface area (TPSA) is 36.2 Å². The Morgan fingerprint density at radius 2 is 2.38 bits per heavy atom. The van der Waals surface area contributed by atoms with Gasteiger partial charge in [-0.15, -0.1) is 0 Å². The predicted octanol–water partition coefficient (Wildman–Crippen LogP) is 0.673. The van der Waals surface area contributed by atoms with Gasteiger partial charge in [0.2, 0.25) is 0 Å². The maximum Gasteiger partial charge on any atom is 0.267 e. The number of aromatic nitrogens is 2. The zero-order chi connectivity index (χ0) is 9.42. The van der Waals surface area contributed by atoms with Crippen LogP contribution in [0.25, 0.3) is 0 Å². The van der Waals surface area contributed by atoms with Crippen LogP contribution >= 0.6 is 0 Å². The first-order chi connectivity index (χ1) is 6.24. The first kappa shape index (κ1) is 8.31. The predicted molar refractivity (Wildman–Crippen MR) is 48.6 cm³/mol. The van der Waals surface area contributed by atoms with E-state index in [0.29, 0.717) is 6.54 Å². The summed E-state index contributed by atoms with van der Waals surface area (Å²) in [5.41, 5.74) is 0.963. The van der Waals surface area contributed by atoms with Gasteiger partial charge in [-0.2, -0.15) is 0 Å². The van der Waals surface area contributed by atoms with Crippen molar-refractivity contribution in [1.82, 2.24) is 9.36 Å². The van der Waals surface area contributed by atoms with Crippen molar-refractivity contribution in [1.29, 1.82) is 0 Å². The quantitative estimate of drug-likeness (QED) is 0.596. The molecule has 0 N–H and O–H groups in total. The molecule has 0 aromatic carbocycles. The van der Waals surface area contributed by atoms with Gasteiger partial charge >= 0.3 is 0 Å². The summed E-state index contributed by atoms with van der Waals surface area (Å²) in [6.07, 6.45) is 3.75. The fourth-order valence-electron chi connectivity index (χ4n) is 1.67. The molecular weight excluding hydrogens is 168 g/mol. The van der Waals surface area contributed by atoms with Gasteiger partial charge in [0.05, 0.1) is 6.54 Å². The fraction of sp³-hybridized carbons (Fsp3) is 0.444. The van der Waals surface area contributed by atoms with E-state index < -0.39 is 0 Å². The molecule has 1 atom stereocenters. The smallest absolute Gasteiger partial charge is 0.267 e. The van der Waals surface area contributed by atoms with Crippen molar-refractivity contribution in [2.45, 2.75) is 19.7 Å². The Labute approximate surface area is 76.0 Å². The van der Waals surface area contributed by atoms with Crippen LogP contribution in [0.15, 0.2) is 23.0 Å². The third kappa shape index (κ3) is 1.14. The molecule has 0 saturated heterocycles. The third-order valence-corrected chi connectivity index (χ3v) is 2.27. The summed E-state index contributed by atoms with van der Waals surface area (Å²) < 4.78 is 8.76. The van der Waals surface area contributed by atoms with Crippen LogP contribution in [0.5, 0.6) is 0 Å². The number of ether oxygens (including phenoxy) is 1. The molecule has 1 aromatic rings. The molecular formula is C9H12N2O2. The summed E-state index contributed by atoms with van der Waals surface area (Å²) in [6, 6.07) is 1.62. The molecule has 4 heteroatoms. The van der Waals surface area contributed by atoms with Crippen LogP contribution < -0.4 is 5.56 Å². The molecule has 2 rings (SSSR count). The SMILES string of the molecule is COC1C=CCn2c(=O)cc(C)n21. The second-order valence-corrected chi connectivity index (χ2v) is 3.11. The number of aryl methyl sites for hydroxylation is 1. The summed E-state index contributed by atoms with van der Waals surface area (Å²) in [6.45, 7) is 2.54. The van der Waals surface area contributed by atoms with Gasteiger partial charge in [0.15, 0.2) is 6.23 Å². The minimum atomic E-state index is -0.142. The highest BCUT2D eigenvalue weighted by Gasteiger charge is 2.17. The summed E-state index contributed by atoms with van der Waals surface area (Å²) in [7, 11) is 1.63. The highest BCUT2D eigenvalue weighted by Crippen LogP contribution is 2.15. The van der Waals surface area contributed by atoms with Crippen LogP contribution in [-0.2, 0) is 11.3 Å². The normalized spacial score (nSPS) is 20.3. The summed E-state index contributed by atoms with van der Waals surface area (Å²) in [5, 5.41) is 0. The molecule has 0 spiro atoms. The largest absolute Gasteiger partial charge is 0.356 e. The van der Waals surface area contributed by atoms with Crippen LogP contribution in [0.4, 0.5) is 0 Å². The lowest BCUT2D eigenvalue weighted by atomic mass is 10.4. The number of rotatable bonds is 1. The molecule has 0 fully saturated rings. The first-order valence-corrected chi connectivity index (χ1v) is 4.22. The molecule has 0 amide bonds. The van der Waals surface area contributed by atoms with E-state index in [1.807, 2.05) is 23.8 Å². The Morgan fingerprint density at radius 3 is 3.08 bits per heavy atom. The van der Waals surface area contributed by atoms with Crippen molar-refractivity contribution < 1.29 is 4.74 Å². The maximum absolute atomic E-state index is 11.4. The first-order valence-electron chi connectivity index (χ1n) is 4.22.